The lowest BCUT2D eigenvalue weighted by molar-refractivity contribution is -0.120. The van der Waals surface area contributed by atoms with Gasteiger partial charge in [0.2, 0.25) is 0 Å². The molecule has 0 atom stereocenters. The van der Waals surface area contributed by atoms with Crippen molar-refractivity contribution >= 4 is 12.8 Å². The summed E-state index contributed by atoms with van der Waals surface area (Å²) >= 11 is 0. The first-order chi connectivity index (χ1) is 7.65. The molecule has 0 unspecified atom stereocenters. The number of hydrogen-bond acceptors (Lipinski definition) is 5. The molecule has 0 saturated heterocycles. The highest BCUT2D eigenvalue weighted by Gasteiger charge is 2.13. The van der Waals surface area contributed by atoms with Crippen molar-refractivity contribution in [2.24, 2.45) is 0 Å². The molecule has 16 heavy (non-hydrogen) atoms. The van der Waals surface area contributed by atoms with Crippen LogP contribution in [0.15, 0.2) is 11.0 Å². The van der Waals surface area contributed by atoms with Crippen molar-refractivity contribution in [2.75, 3.05) is 7.11 Å². The van der Waals surface area contributed by atoms with Gasteiger partial charge in [-0.3, -0.25) is 9.59 Å². The number of methoxy groups -OCH3 is 1. The molecule has 0 saturated carbocycles. The Morgan fingerprint density at radius 3 is 2.62 bits per heavy atom. The van der Waals surface area contributed by atoms with Gasteiger partial charge in [-0.25, -0.2) is 0 Å². The fourth-order valence-corrected chi connectivity index (χ4v) is 1.35. The summed E-state index contributed by atoms with van der Waals surface area (Å²) in [5, 5.41) is 0. The Morgan fingerprint density at radius 2 is 2.12 bits per heavy atom. The van der Waals surface area contributed by atoms with Crippen molar-refractivity contribution < 1.29 is 19.1 Å². The molecule has 0 aliphatic heterocycles. The van der Waals surface area contributed by atoms with E-state index in [1.807, 2.05) is 0 Å². The van der Waals surface area contributed by atoms with Gasteiger partial charge in [-0.2, -0.15) is 0 Å². The molecular formula is C10H11NO5. The van der Waals surface area contributed by atoms with Crippen LogP contribution in [0.5, 0.6) is 11.5 Å². The Hall–Kier alpha value is -2.11. The summed E-state index contributed by atoms with van der Waals surface area (Å²) < 4.78 is 10.9. The maximum absolute atomic E-state index is 11.7. The van der Waals surface area contributed by atoms with Crippen molar-refractivity contribution in [2.45, 2.75) is 13.5 Å². The van der Waals surface area contributed by atoms with Crippen LogP contribution in [0.25, 0.3) is 0 Å². The van der Waals surface area contributed by atoms with Gasteiger partial charge in [0.05, 0.1) is 25.5 Å². The SMILES string of the molecule is COc1c(C)n(CC=O)cc(OC=O)c1=O. The van der Waals surface area contributed by atoms with Crippen LogP contribution in [0, 0.1) is 6.92 Å². The third kappa shape index (κ3) is 2.10. The van der Waals surface area contributed by atoms with Crippen LogP contribution in [0.1, 0.15) is 5.69 Å². The minimum Gasteiger partial charge on any atom is -0.491 e. The Morgan fingerprint density at radius 1 is 1.44 bits per heavy atom. The zero-order valence-corrected chi connectivity index (χ0v) is 8.93. The van der Waals surface area contributed by atoms with Gasteiger partial charge in [-0.1, -0.05) is 0 Å². The Labute approximate surface area is 91.4 Å². The molecule has 0 radical (unpaired) electrons. The Kier molecular flexibility index (Phi) is 3.82. The normalized spacial score (nSPS) is 9.62. The fraction of sp³-hybridized carbons (Fsp3) is 0.300. The minimum absolute atomic E-state index is 0.0533. The number of pyridine rings is 1. The molecule has 0 aliphatic rings. The highest BCUT2D eigenvalue weighted by molar-refractivity contribution is 5.51. The molecule has 1 rings (SSSR count). The number of aldehydes is 1. The van der Waals surface area contributed by atoms with E-state index in [4.69, 9.17) is 4.74 Å². The van der Waals surface area contributed by atoms with Crippen LogP contribution in [0.2, 0.25) is 0 Å². The third-order valence-electron chi connectivity index (χ3n) is 2.11. The lowest BCUT2D eigenvalue weighted by Crippen LogP contribution is -2.17. The van der Waals surface area contributed by atoms with Gasteiger partial charge in [0.25, 0.3) is 11.9 Å². The smallest absolute Gasteiger partial charge is 0.298 e. The minimum atomic E-state index is -0.519. The van der Waals surface area contributed by atoms with Crippen molar-refractivity contribution in [1.29, 1.82) is 0 Å². The second-order valence-corrected chi connectivity index (χ2v) is 2.97. The summed E-state index contributed by atoms with van der Waals surface area (Å²) in [5.74, 6) is -0.111. The fourth-order valence-electron chi connectivity index (χ4n) is 1.35. The van der Waals surface area contributed by atoms with Gasteiger partial charge >= 0.3 is 0 Å². The van der Waals surface area contributed by atoms with E-state index in [1.54, 1.807) is 6.92 Å². The highest BCUT2D eigenvalue weighted by Crippen LogP contribution is 2.16. The molecule has 0 N–H and O–H groups in total. The van der Waals surface area contributed by atoms with Gasteiger partial charge < -0.3 is 18.8 Å². The Bertz CT molecular complexity index is 463. The van der Waals surface area contributed by atoms with E-state index in [9.17, 15) is 14.4 Å². The van der Waals surface area contributed by atoms with Gasteiger partial charge in [-0.05, 0) is 6.92 Å². The molecule has 6 nitrogen and oxygen atoms in total. The van der Waals surface area contributed by atoms with Crippen LogP contribution >= 0.6 is 0 Å². The first-order valence-corrected chi connectivity index (χ1v) is 4.47. The lowest BCUT2D eigenvalue weighted by atomic mass is 10.3. The van der Waals surface area contributed by atoms with Crippen molar-refractivity contribution in [3.63, 3.8) is 0 Å². The molecule has 0 fully saturated rings. The van der Waals surface area contributed by atoms with E-state index in [2.05, 4.69) is 4.74 Å². The van der Waals surface area contributed by atoms with E-state index in [1.165, 1.54) is 17.9 Å². The largest absolute Gasteiger partial charge is 0.491 e. The summed E-state index contributed by atoms with van der Waals surface area (Å²) in [6.45, 7) is 1.84. The second kappa shape index (κ2) is 5.11. The molecule has 0 aliphatic carbocycles. The molecule has 0 amide bonds. The number of rotatable bonds is 5. The average molecular weight is 225 g/mol. The molecule has 6 heteroatoms. The molecular weight excluding hydrogens is 214 g/mol. The number of nitrogens with zero attached hydrogens (tertiary/aromatic N) is 1. The molecule has 1 aromatic heterocycles. The molecule has 1 heterocycles. The Balaban J connectivity index is 3.42. The van der Waals surface area contributed by atoms with Crippen LogP contribution in [0.4, 0.5) is 0 Å². The average Bonchev–Trinajstić information content (AvgIpc) is 2.26. The van der Waals surface area contributed by atoms with Gasteiger partial charge in [0, 0.05) is 0 Å². The van der Waals surface area contributed by atoms with Crippen LogP contribution in [-0.2, 0) is 16.1 Å². The maximum atomic E-state index is 11.7. The monoisotopic (exact) mass is 225 g/mol. The van der Waals surface area contributed by atoms with Gasteiger partial charge in [0.15, 0.2) is 11.5 Å². The number of aromatic nitrogens is 1. The lowest BCUT2D eigenvalue weighted by Gasteiger charge is -2.12. The second-order valence-electron chi connectivity index (χ2n) is 2.97. The van der Waals surface area contributed by atoms with E-state index in [-0.39, 0.29) is 24.5 Å². The number of hydrogen-bond donors (Lipinski definition) is 0. The first-order valence-electron chi connectivity index (χ1n) is 4.47. The predicted molar refractivity (Wildman–Crippen MR) is 54.7 cm³/mol. The standard InChI is InChI=1S/C10H11NO5/c1-7-10(15-2)9(14)8(16-6-13)5-11(7)3-4-12/h4-6H,3H2,1-2H3. The summed E-state index contributed by atoms with van der Waals surface area (Å²) in [6, 6.07) is 0. The highest BCUT2D eigenvalue weighted by atomic mass is 16.5. The van der Waals surface area contributed by atoms with Crippen LogP contribution in [0.3, 0.4) is 0 Å². The first kappa shape index (κ1) is 12.0. The van der Waals surface area contributed by atoms with Crippen molar-refractivity contribution in [1.82, 2.24) is 4.57 Å². The summed E-state index contributed by atoms with van der Waals surface area (Å²) in [4.78, 5) is 32.3. The molecule has 0 aromatic carbocycles. The quantitative estimate of drug-likeness (QED) is 0.654. The molecule has 0 spiro atoms. The molecule has 0 bridgehead atoms. The van der Waals surface area contributed by atoms with Crippen LogP contribution < -0.4 is 14.9 Å². The zero-order chi connectivity index (χ0) is 12.1. The van der Waals surface area contributed by atoms with E-state index < -0.39 is 5.43 Å². The topological polar surface area (TPSA) is 74.6 Å². The maximum Gasteiger partial charge on any atom is 0.298 e. The number of ether oxygens (including phenoxy) is 2. The van der Waals surface area contributed by atoms with E-state index in [0.717, 1.165) is 0 Å². The summed E-state index contributed by atoms with van der Waals surface area (Å²) in [5.41, 5.74) is -0.0212. The number of carbonyl (C=O) groups excluding carboxylic acids is 2. The molecule has 86 valence electrons. The van der Waals surface area contributed by atoms with E-state index in [0.29, 0.717) is 12.0 Å². The van der Waals surface area contributed by atoms with Crippen molar-refractivity contribution in [3.8, 4) is 11.5 Å². The summed E-state index contributed by atoms with van der Waals surface area (Å²) in [7, 11) is 1.33. The number of carbonyl (C=O) groups is 2. The van der Waals surface area contributed by atoms with Gasteiger partial charge in [-0.15, -0.1) is 0 Å². The molecule has 1 aromatic rings. The summed E-state index contributed by atoms with van der Waals surface area (Å²) in [6.07, 6.45) is 1.96. The van der Waals surface area contributed by atoms with Gasteiger partial charge in [0.1, 0.15) is 6.29 Å². The zero-order valence-electron chi connectivity index (χ0n) is 8.93. The van der Waals surface area contributed by atoms with Crippen LogP contribution in [-0.4, -0.2) is 24.4 Å². The van der Waals surface area contributed by atoms with Crippen molar-refractivity contribution in [3.05, 3.63) is 22.1 Å². The predicted octanol–water partition coefficient (Wildman–Crippen LogP) is -0.101. The van der Waals surface area contributed by atoms with E-state index >= 15 is 0 Å². The third-order valence-corrected chi connectivity index (χ3v) is 2.11.